The van der Waals surface area contributed by atoms with E-state index in [-0.39, 0.29) is 18.0 Å². The average molecular weight is 290 g/mol. The standard InChI is InChI=1S/C10H11F4NO2.ClH/c11-9(12)17-7-4-2-1-3-6(7)8(15)10(13,14)5-16;/h1-4,8-9,16H,5,15H2;1H/t8-;/m1./s1. The molecule has 0 spiro atoms. The van der Waals surface area contributed by atoms with Crippen LogP contribution in [0.4, 0.5) is 17.6 Å². The van der Waals surface area contributed by atoms with Gasteiger partial charge >= 0.3 is 6.61 Å². The van der Waals surface area contributed by atoms with E-state index < -0.39 is 30.9 Å². The highest BCUT2D eigenvalue weighted by molar-refractivity contribution is 5.85. The Morgan fingerprint density at radius 3 is 2.33 bits per heavy atom. The van der Waals surface area contributed by atoms with Crippen molar-refractivity contribution in [1.82, 2.24) is 0 Å². The number of aliphatic hydroxyl groups is 1. The second kappa shape index (κ2) is 6.77. The van der Waals surface area contributed by atoms with Crippen LogP contribution >= 0.6 is 12.4 Å². The lowest BCUT2D eigenvalue weighted by Crippen LogP contribution is -2.36. The Morgan fingerprint density at radius 1 is 1.28 bits per heavy atom. The Bertz CT molecular complexity index is 379. The highest BCUT2D eigenvalue weighted by Gasteiger charge is 2.38. The highest BCUT2D eigenvalue weighted by Crippen LogP contribution is 2.34. The molecule has 0 saturated heterocycles. The van der Waals surface area contributed by atoms with Crippen LogP contribution in [0.2, 0.25) is 0 Å². The lowest BCUT2D eigenvalue weighted by molar-refractivity contribution is -0.0757. The van der Waals surface area contributed by atoms with E-state index in [1.165, 1.54) is 12.1 Å². The number of aliphatic hydroxyl groups excluding tert-OH is 1. The molecule has 18 heavy (non-hydrogen) atoms. The van der Waals surface area contributed by atoms with Gasteiger partial charge in [0.25, 0.3) is 5.92 Å². The number of rotatable bonds is 5. The number of hydrogen-bond donors (Lipinski definition) is 2. The van der Waals surface area contributed by atoms with Crippen LogP contribution in [0.1, 0.15) is 11.6 Å². The number of nitrogens with two attached hydrogens (primary N) is 1. The third-order valence-electron chi connectivity index (χ3n) is 2.14. The molecule has 0 aliphatic heterocycles. The number of benzene rings is 1. The predicted molar refractivity (Wildman–Crippen MR) is 59.3 cm³/mol. The predicted octanol–water partition coefficient (Wildman–Crippen LogP) is 2.34. The zero-order valence-corrected chi connectivity index (χ0v) is 9.84. The first-order valence-electron chi connectivity index (χ1n) is 4.66. The van der Waals surface area contributed by atoms with Gasteiger partial charge in [-0.3, -0.25) is 0 Å². The van der Waals surface area contributed by atoms with Crippen molar-refractivity contribution in [2.45, 2.75) is 18.6 Å². The summed E-state index contributed by atoms with van der Waals surface area (Å²) in [6.07, 6.45) is 0. The zero-order chi connectivity index (χ0) is 13.1. The lowest BCUT2D eigenvalue weighted by Gasteiger charge is -2.23. The molecule has 0 aliphatic rings. The second-order valence-corrected chi connectivity index (χ2v) is 3.31. The van der Waals surface area contributed by atoms with Crippen LogP contribution in [0.15, 0.2) is 24.3 Å². The molecule has 0 bridgehead atoms. The monoisotopic (exact) mass is 289 g/mol. The van der Waals surface area contributed by atoms with E-state index in [9.17, 15) is 17.6 Å². The summed E-state index contributed by atoms with van der Waals surface area (Å²) in [7, 11) is 0. The number of halogens is 5. The van der Waals surface area contributed by atoms with Crippen molar-refractivity contribution in [3.63, 3.8) is 0 Å². The van der Waals surface area contributed by atoms with Crippen molar-refractivity contribution < 1.29 is 27.4 Å². The Kier molecular flexibility index (Phi) is 6.37. The number of alkyl halides is 4. The molecule has 0 aromatic heterocycles. The maximum atomic E-state index is 13.1. The van der Waals surface area contributed by atoms with E-state index >= 15 is 0 Å². The molecular weight excluding hydrogens is 278 g/mol. The summed E-state index contributed by atoms with van der Waals surface area (Å²) in [5.41, 5.74) is 4.94. The van der Waals surface area contributed by atoms with Gasteiger partial charge in [0.2, 0.25) is 0 Å². The van der Waals surface area contributed by atoms with E-state index in [0.717, 1.165) is 12.1 Å². The second-order valence-electron chi connectivity index (χ2n) is 3.31. The minimum Gasteiger partial charge on any atom is -0.434 e. The molecule has 0 aliphatic carbocycles. The van der Waals surface area contributed by atoms with Crippen molar-refractivity contribution in [1.29, 1.82) is 0 Å². The van der Waals surface area contributed by atoms with Gasteiger partial charge in [-0.25, -0.2) is 8.78 Å². The SMILES string of the molecule is Cl.N[C@H](c1ccccc1OC(F)F)C(F)(F)CO. The summed E-state index contributed by atoms with van der Waals surface area (Å²) < 4.78 is 54.4. The molecule has 0 radical (unpaired) electrons. The first-order chi connectivity index (χ1) is 7.88. The minimum atomic E-state index is -3.61. The molecule has 1 aromatic carbocycles. The third-order valence-corrected chi connectivity index (χ3v) is 2.14. The topological polar surface area (TPSA) is 55.5 Å². The molecule has 0 saturated carbocycles. The molecule has 0 amide bonds. The van der Waals surface area contributed by atoms with Crippen molar-refractivity contribution >= 4 is 12.4 Å². The molecule has 0 heterocycles. The van der Waals surface area contributed by atoms with E-state index in [1.807, 2.05) is 0 Å². The van der Waals surface area contributed by atoms with Crippen LogP contribution in [0.3, 0.4) is 0 Å². The van der Waals surface area contributed by atoms with E-state index in [1.54, 1.807) is 0 Å². The maximum absolute atomic E-state index is 13.1. The molecule has 8 heteroatoms. The van der Waals surface area contributed by atoms with Crippen LogP contribution in [0.5, 0.6) is 5.75 Å². The van der Waals surface area contributed by atoms with Gasteiger partial charge in [-0.1, -0.05) is 18.2 Å². The van der Waals surface area contributed by atoms with Crippen LogP contribution < -0.4 is 10.5 Å². The van der Waals surface area contributed by atoms with Gasteiger partial charge in [0.15, 0.2) is 0 Å². The van der Waals surface area contributed by atoms with Crippen molar-refractivity contribution in [3.8, 4) is 5.75 Å². The molecule has 1 aromatic rings. The van der Waals surface area contributed by atoms with E-state index in [2.05, 4.69) is 4.74 Å². The third kappa shape index (κ3) is 4.01. The van der Waals surface area contributed by atoms with Crippen molar-refractivity contribution in [2.75, 3.05) is 6.61 Å². The Morgan fingerprint density at radius 2 is 1.83 bits per heavy atom. The fourth-order valence-electron chi connectivity index (χ4n) is 1.27. The van der Waals surface area contributed by atoms with Gasteiger partial charge in [0, 0.05) is 5.56 Å². The first-order valence-corrected chi connectivity index (χ1v) is 4.66. The van der Waals surface area contributed by atoms with Crippen LogP contribution in [0, 0.1) is 0 Å². The molecule has 1 atom stereocenters. The smallest absolute Gasteiger partial charge is 0.387 e. The normalized spacial score (nSPS) is 13.1. The Balaban J connectivity index is 0.00000289. The number of ether oxygens (including phenoxy) is 1. The highest BCUT2D eigenvalue weighted by atomic mass is 35.5. The summed E-state index contributed by atoms with van der Waals surface area (Å²) >= 11 is 0. The van der Waals surface area contributed by atoms with Gasteiger partial charge in [-0.15, -0.1) is 12.4 Å². The van der Waals surface area contributed by atoms with Crippen LogP contribution in [-0.4, -0.2) is 24.2 Å². The molecule has 3 N–H and O–H groups in total. The van der Waals surface area contributed by atoms with Crippen LogP contribution in [0.25, 0.3) is 0 Å². The van der Waals surface area contributed by atoms with Gasteiger partial charge < -0.3 is 15.6 Å². The van der Waals surface area contributed by atoms with Crippen LogP contribution in [-0.2, 0) is 0 Å². The maximum Gasteiger partial charge on any atom is 0.387 e. The number of para-hydroxylation sites is 1. The Hall–Kier alpha value is -1.05. The van der Waals surface area contributed by atoms with Gasteiger partial charge in [0.1, 0.15) is 18.4 Å². The molecular formula is C10H12ClF4NO2. The van der Waals surface area contributed by atoms with E-state index in [4.69, 9.17) is 10.8 Å². The summed E-state index contributed by atoms with van der Waals surface area (Å²) in [6.45, 7) is -4.61. The average Bonchev–Trinajstić information content (AvgIpc) is 2.28. The van der Waals surface area contributed by atoms with Gasteiger partial charge in [0.05, 0.1) is 0 Å². The largest absolute Gasteiger partial charge is 0.434 e. The minimum absolute atomic E-state index is 0. The fourth-order valence-corrected chi connectivity index (χ4v) is 1.27. The first kappa shape index (κ1) is 16.9. The Labute approximate surface area is 107 Å². The van der Waals surface area contributed by atoms with Gasteiger partial charge in [-0.05, 0) is 6.07 Å². The zero-order valence-electron chi connectivity index (χ0n) is 9.02. The van der Waals surface area contributed by atoms with Crippen molar-refractivity contribution in [3.05, 3.63) is 29.8 Å². The number of hydrogen-bond acceptors (Lipinski definition) is 3. The van der Waals surface area contributed by atoms with E-state index in [0.29, 0.717) is 0 Å². The summed E-state index contributed by atoms with van der Waals surface area (Å²) in [6, 6.07) is 3.05. The fraction of sp³-hybridized carbons (Fsp3) is 0.400. The summed E-state index contributed by atoms with van der Waals surface area (Å²) in [5.74, 6) is -4.04. The summed E-state index contributed by atoms with van der Waals surface area (Å²) in [5, 5.41) is 8.48. The molecule has 3 nitrogen and oxygen atoms in total. The molecule has 104 valence electrons. The lowest BCUT2D eigenvalue weighted by atomic mass is 10.0. The molecule has 0 unspecified atom stereocenters. The quantitative estimate of drug-likeness (QED) is 0.818. The van der Waals surface area contributed by atoms with Gasteiger partial charge in [-0.2, -0.15) is 8.78 Å². The van der Waals surface area contributed by atoms with Crippen molar-refractivity contribution in [2.24, 2.45) is 5.73 Å². The molecule has 0 fully saturated rings. The summed E-state index contributed by atoms with van der Waals surface area (Å²) in [4.78, 5) is 0. The molecule has 1 rings (SSSR count).